The first-order valence-electron chi connectivity index (χ1n) is 7.59. The van der Waals surface area contributed by atoms with Crippen molar-refractivity contribution in [2.75, 3.05) is 13.7 Å². The summed E-state index contributed by atoms with van der Waals surface area (Å²) in [6.07, 6.45) is 8.11. The molecule has 0 aliphatic carbocycles. The average molecular weight is 310 g/mol. The summed E-state index contributed by atoms with van der Waals surface area (Å²) in [6, 6.07) is 0. The van der Waals surface area contributed by atoms with Gasteiger partial charge in [0.2, 0.25) is 0 Å². The van der Waals surface area contributed by atoms with Crippen molar-refractivity contribution < 1.29 is 23.8 Å². The number of ether oxygens (including phenoxy) is 3. The van der Waals surface area contributed by atoms with E-state index in [0.717, 1.165) is 18.4 Å². The molecule has 0 aromatic rings. The maximum atomic E-state index is 11.7. The zero-order valence-corrected chi connectivity index (χ0v) is 13.9. The van der Waals surface area contributed by atoms with Crippen LogP contribution in [0.4, 0.5) is 0 Å². The predicted molar refractivity (Wildman–Crippen MR) is 83.3 cm³/mol. The van der Waals surface area contributed by atoms with E-state index >= 15 is 0 Å². The molecule has 1 heterocycles. The molecule has 1 fully saturated rings. The topological polar surface area (TPSA) is 61.8 Å². The maximum Gasteiger partial charge on any atom is 0.305 e. The van der Waals surface area contributed by atoms with Crippen LogP contribution in [0.15, 0.2) is 23.8 Å². The van der Waals surface area contributed by atoms with Crippen LogP contribution >= 0.6 is 0 Å². The lowest BCUT2D eigenvalue weighted by Crippen LogP contribution is -2.21. The molecule has 0 N–H and O–H groups in total. The first kappa shape index (κ1) is 18.6. The van der Waals surface area contributed by atoms with Crippen molar-refractivity contribution in [3.8, 4) is 0 Å². The Morgan fingerprint density at radius 3 is 2.59 bits per heavy atom. The molecule has 0 bridgehead atoms. The van der Waals surface area contributed by atoms with E-state index in [4.69, 9.17) is 9.47 Å². The number of carbonyl (C=O) groups excluding carboxylic acids is 2. The number of esters is 1. The van der Waals surface area contributed by atoms with Crippen LogP contribution in [0.25, 0.3) is 0 Å². The van der Waals surface area contributed by atoms with Gasteiger partial charge in [0.1, 0.15) is 6.10 Å². The third-order valence-corrected chi connectivity index (χ3v) is 3.35. The number of hydrogen-bond donors (Lipinski definition) is 0. The van der Waals surface area contributed by atoms with Gasteiger partial charge in [-0.1, -0.05) is 12.2 Å². The van der Waals surface area contributed by atoms with E-state index in [-0.39, 0.29) is 17.9 Å². The first-order chi connectivity index (χ1) is 10.3. The van der Waals surface area contributed by atoms with Gasteiger partial charge in [-0.3, -0.25) is 9.59 Å². The molecule has 1 saturated heterocycles. The van der Waals surface area contributed by atoms with Gasteiger partial charge in [-0.05, 0) is 51.7 Å². The molecule has 0 radical (unpaired) electrons. The van der Waals surface area contributed by atoms with E-state index in [0.29, 0.717) is 19.4 Å². The Morgan fingerprint density at radius 2 is 2.05 bits per heavy atom. The zero-order valence-electron chi connectivity index (χ0n) is 13.9. The van der Waals surface area contributed by atoms with Crippen LogP contribution in [0.2, 0.25) is 0 Å². The predicted octanol–water partition coefficient (Wildman–Crippen LogP) is 2.94. The molecule has 1 atom stereocenters. The summed E-state index contributed by atoms with van der Waals surface area (Å²) in [5.74, 6) is -0.751. The molecule has 5 heteroatoms. The second-order valence-corrected chi connectivity index (χ2v) is 5.76. The Labute approximate surface area is 132 Å². The number of unbranched alkanes of at least 4 members (excludes halogenated alkanes) is 1. The number of ketones is 1. The van der Waals surface area contributed by atoms with Crippen molar-refractivity contribution in [1.82, 2.24) is 0 Å². The lowest BCUT2D eigenvalue weighted by Gasteiger charge is -2.16. The molecule has 0 spiro atoms. The van der Waals surface area contributed by atoms with E-state index in [1.807, 2.05) is 32.1 Å². The average Bonchev–Trinajstić information content (AvgIpc) is 2.79. The van der Waals surface area contributed by atoms with Crippen LogP contribution in [0.5, 0.6) is 0 Å². The molecule has 1 aliphatic heterocycles. The monoisotopic (exact) mass is 310 g/mol. The number of rotatable bonds is 8. The standard InChI is InChI=1S/C17H26O5/c1-13(18)14(11-15-12-21-17(2,3)22-15)9-7-5-6-8-10-16(19)20-4/h5,7,11,15H,6,8-10,12H2,1-4H3/b7-5-,14-11+/t15-/m0/s1. The van der Waals surface area contributed by atoms with Gasteiger partial charge in [0.25, 0.3) is 0 Å². The normalized spacial score (nSPS) is 21.3. The molecule has 0 amide bonds. The van der Waals surface area contributed by atoms with Crippen LogP contribution in [-0.4, -0.2) is 37.4 Å². The fourth-order valence-corrected chi connectivity index (χ4v) is 2.15. The van der Waals surface area contributed by atoms with Crippen LogP contribution in [-0.2, 0) is 23.8 Å². The van der Waals surface area contributed by atoms with E-state index in [9.17, 15) is 9.59 Å². The molecule has 1 aliphatic rings. The van der Waals surface area contributed by atoms with Crippen molar-refractivity contribution in [1.29, 1.82) is 0 Å². The number of allylic oxidation sites excluding steroid dienone is 3. The first-order valence-corrected chi connectivity index (χ1v) is 7.59. The Morgan fingerprint density at radius 1 is 1.32 bits per heavy atom. The van der Waals surface area contributed by atoms with E-state index in [2.05, 4.69) is 4.74 Å². The van der Waals surface area contributed by atoms with Crippen molar-refractivity contribution >= 4 is 11.8 Å². The number of Topliss-reactive ketones (excluding diaryl/α,β-unsaturated/α-hetero) is 1. The van der Waals surface area contributed by atoms with Gasteiger partial charge in [0.05, 0.1) is 13.7 Å². The molecule has 0 saturated carbocycles. The fraction of sp³-hybridized carbons (Fsp3) is 0.647. The van der Waals surface area contributed by atoms with E-state index in [1.54, 1.807) is 6.92 Å². The molecule has 0 unspecified atom stereocenters. The number of hydrogen-bond acceptors (Lipinski definition) is 5. The van der Waals surface area contributed by atoms with Crippen LogP contribution in [0.1, 0.15) is 46.5 Å². The molecule has 5 nitrogen and oxygen atoms in total. The van der Waals surface area contributed by atoms with Crippen molar-refractivity contribution in [3.63, 3.8) is 0 Å². The zero-order chi connectivity index (χ0) is 16.6. The third-order valence-electron chi connectivity index (χ3n) is 3.35. The van der Waals surface area contributed by atoms with Gasteiger partial charge in [0.15, 0.2) is 11.6 Å². The molecule has 0 aromatic heterocycles. The van der Waals surface area contributed by atoms with Gasteiger partial charge in [-0.15, -0.1) is 0 Å². The van der Waals surface area contributed by atoms with Crippen molar-refractivity contribution in [2.24, 2.45) is 0 Å². The Hall–Kier alpha value is -1.46. The number of methoxy groups -OCH3 is 1. The Balaban J connectivity index is 2.42. The molecule has 22 heavy (non-hydrogen) atoms. The van der Waals surface area contributed by atoms with Crippen LogP contribution in [0, 0.1) is 0 Å². The van der Waals surface area contributed by atoms with Gasteiger partial charge in [-0.25, -0.2) is 0 Å². The third kappa shape index (κ3) is 7.00. The summed E-state index contributed by atoms with van der Waals surface area (Å²) in [5.41, 5.74) is 0.718. The Kier molecular flexibility index (Phi) is 7.48. The summed E-state index contributed by atoms with van der Waals surface area (Å²) in [5, 5.41) is 0. The van der Waals surface area contributed by atoms with Gasteiger partial charge in [0, 0.05) is 6.42 Å². The largest absolute Gasteiger partial charge is 0.469 e. The molecule has 1 rings (SSSR count). The molecular formula is C17H26O5. The Bertz CT molecular complexity index is 448. The minimum absolute atomic E-state index is 0.0347. The highest BCUT2D eigenvalue weighted by Gasteiger charge is 2.31. The molecule has 0 aromatic carbocycles. The van der Waals surface area contributed by atoms with Crippen molar-refractivity contribution in [2.45, 2.75) is 58.3 Å². The summed E-state index contributed by atoms with van der Waals surface area (Å²) in [6.45, 7) is 5.73. The fourth-order valence-electron chi connectivity index (χ4n) is 2.15. The molecule has 124 valence electrons. The van der Waals surface area contributed by atoms with Crippen molar-refractivity contribution in [3.05, 3.63) is 23.8 Å². The summed E-state index contributed by atoms with van der Waals surface area (Å²) in [4.78, 5) is 22.6. The highest BCUT2D eigenvalue weighted by atomic mass is 16.7. The van der Waals surface area contributed by atoms with Crippen LogP contribution in [0.3, 0.4) is 0 Å². The summed E-state index contributed by atoms with van der Waals surface area (Å²) in [7, 11) is 1.39. The SMILES string of the molecule is COC(=O)CCC/C=C\C/C(=C\[C@H]1COC(C)(C)O1)C(C)=O. The molecular weight excluding hydrogens is 284 g/mol. The highest BCUT2D eigenvalue weighted by Crippen LogP contribution is 2.24. The minimum atomic E-state index is -0.590. The lowest BCUT2D eigenvalue weighted by atomic mass is 10.1. The second kappa shape index (κ2) is 8.86. The number of carbonyl (C=O) groups is 2. The van der Waals surface area contributed by atoms with E-state index < -0.39 is 5.79 Å². The van der Waals surface area contributed by atoms with E-state index in [1.165, 1.54) is 7.11 Å². The minimum Gasteiger partial charge on any atom is -0.469 e. The second-order valence-electron chi connectivity index (χ2n) is 5.76. The highest BCUT2D eigenvalue weighted by molar-refractivity contribution is 5.93. The van der Waals surface area contributed by atoms with Gasteiger partial charge >= 0.3 is 5.97 Å². The smallest absolute Gasteiger partial charge is 0.305 e. The summed E-state index contributed by atoms with van der Waals surface area (Å²) >= 11 is 0. The quantitative estimate of drug-likeness (QED) is 0.298. The van der Waals surface area contributed by atoms with Crippen LogP contribution < -0.4 is 0 Å². The van der Waals surface area contributed by atoms with Gasteiger partial charge in [-0.2, -0.15) is 0 Å². The maximum absolute atomic E-state index is 11.7. The van der Waals surface area contributed by atoms with Gasteiger partial charge < -0.3 is 14.2 Å². The lowest BCUT2D eigenvalue weighted by molar-refractivity contribution is -0.140. The summed E-state index contributed by atoms with van der Waals surface area (Å²) < 4.78 is 15.7.